The molecular weight excluding hydrogens is 224 g/mol. The summed E-state index contributed by atoms with van der Waals surface area (Å²) in [4.78, 5) is 16.7. The van der Waals surface area contributed by atoms with Crippen LogP contribution in [0.3, 0.4) is 0 Å². The summed E-state index contributed by atoms with van der Waals surface area (Å²) in [5, 5.41) is 0. The van der Waals surface area contributed by atoms with Gasteiger partial charge in [0.25, 0.3) is 0 Å². The van der Waals surface area contributed by atoms with E-state index in [0.29, 0.717) is 12.3 Å². The van der Waals surface area contributed by atoms with E-state index in [-0.39, 0.29) is 11.7 Å². The summed E-state index contributed by atoms with van der Waals surface area (Å²) < 4.78 is 2.01. The number of hydrogen-bond donors (Lipinski definition) is 0. The summed E-state index contributed by atoms with van der Waals surface area (Å²) >= 11 is 0. The molecular formula is C15H20N2O. The maximum Gasteiger partial charge on any atom is 0.143 e. The third kappa shape index (κ3) is 2.30. The Bertz CT molecular complexity index is 569. The fraction of sp³-hybridized carbons (Fsp3) is 0.467. The highest BCUT2D eigenvalue weighted by Gasteiger charge is 2.19. The molecule has 1 aromatic heterocycles. The second kappa shape index (κ2) is 4.92. The van der Waals surface area contributed by atoms with Crippen LogP contribution in [0.1, 0.15) is 26.6 Å². The number of benzene rings is 1. The van der Waals surface area contributed by atoms with Crippen molar-refractivity contribution in [1.29, 1.82) is 0 Å². The van der Waals surface area contributed by atoms with E-state index in [1.807, 2.05) is 42.8 Å². The number of rotatable bonds is 4. The van der Waals surface area contributed by atoms with Crippen molar-refractivity contribution in [2.24, 2.45) is 18.9 Å². The molecule has 1 aromatic carbocycles. The standard InChI is InChI=1S/C15H20N2O/c1-10(2)11(3)14(18)9-15-16-12-7-5-6-8-13(12)17(15)4/h5-8,10-11H,9H2,1-4H3. The Hall–Kier alpha value is -1.64. The molecule has 0 amide bonds. The number of nitrogens with zero attached hydrogens (tertiary/aromatic N) is 2. The van der Waals surface area contributed by atoms with Crippen LogP contribution in [-0.4, -0.2) is 15.3 Å². The predicted octanol–water partition coefficient (Wildman–Crippen LogP) is 2.98. The first kappa shape index (κ1) is 12.8. The smallest absolute Gasteiger partial charge is 0.143 e. The van der Waals surface area contributed by atoms with Gasteiger partial charge in [-0.05, 0) is 18.1 Å². The fourth-order valence-electron chi connectivity index (χ4n) is 2.04. The van der Waals surface area contributed by atoms with E-state index >= 15 is 0 Å². The summed E-state index contributed by atoms with van der Waals surface area (Å²) in [6.07, 6.45) is 0.421. The monoisotopic (exact) mass is 244 g/mol. The Morgan fingerprint density at radius 1 is 1.28 bits per heavy atom. The molecule has 1 atom stereocenters. The molecule has 0 saturated heterocycles. The first-order valence-electron chi connectivity index (χ1n) is 6.43. The molecule has 96 valence electrons. The van der Waals surface area contributed by atoms with Crippen molar-refractivity contribution in [3.05, 3.63) is 30.1 Å². The van der Waals surface area contributed by atoms with E-state index < -0.39 is 0 Å². The van der Waals surface area contributed by atoms with Gasteiger partial charge in [0, 0.05) is 13.0 Å². The molecule has 0 bridgehead atoms. The Kier molecular flexibility index (Phi) is 3.50. The summed E-state index contributed by atoms with van der Waals surface area (Å²) in [7, 11) is 1.97. The van der Waals surface area contributed by atoms with Gasteiger partial charge in [0.05, 0.1) is 17.5 Å². The summed E-state index contributed by atoms with van der Waals surface area (Å²) in [5.41, 5.74) is 2.04. The van der Waals surface area contributed by atoms with E-state index in [2.05, 4.69) is 18.8 Å². The molecule has 3 nitrogen and oxygen atoms in total. The molecule has 2 aromatic rings. The Morgan fingerprint density at radius 2 is 1.94 bits per heavy atom. The minimum Gasteiger partial charge on any atom is -0.331 e. The molecule has 0 radical (unpaired) electrons. The number of imidazole rings is 1. The average Bonchev–Trinajstić information content (AvgIpc) is 2.66. The van der Waals surface area contributed by atoms with E-state index in [1.165, 1.54) is 0 Å². The van der Waals surface area contributed by atoms with Gasteiger partial charge < -0.3 is 4.57 Å². The van der Waals surface area contributed by atoms with Crippen LogP contribution in [0.15, 0.2) is 24.3 Å². The van der Waals surface area contributed by atoms with Gasteiger partial charge in [-0.15, -0.1) is 0 Å². The minimum atomic E-state index is 0.0878. The third-order valence-electron chi connectivity index (χ3n) is 3.72. The van der Waals surface area contributed by atoms with Crippen molar-refractivity contribution in [3.8, 4) is 0 Å². The number of hydrogen-bond acceptors (Lipinski definition) is 2. The average molecular weight is 244 g/mol. The van der Waals surface area contributed by atoms with Crippen molar-refractivity contribution < 1.29 is 4.79 Å². The molecule has 0 fully saturated rings. The molecule has 0 aliphatic heterocycles. The SMILES string of the molecule is CC(C)C(C)C(=O)Cc1nc2ccccc2n1C. The number of Topliss-reactive ketones (excluding diaryl/α,β-unsaturated/α-hetero) is 1. The molecule has 3 heteroatoms. The van der Waals surface area contributed by atoms with Crippen molar-refractivity contribution in [2.75, 3.05) is 0 Å². The second-order valence-electron chi connectivity index (χ2n) is 5.25. The van der Waals surface area contributed by atoms with Crippen molar-refractivity contribution in [2.45, 2.75) is 27.2 Å². The number of aromatic nitrogens is 2. The van der Waals surface area contributed by atoms with Crippen LogP contribution in [0.4, 0.5) is 0 Å². The van der Waals surface area contributed by atoms with Crippen molar-refractivity contribution >= 4 is 16.8 Å². The van der Waals surface area contributed by atoms with Crippen LogP contribution < -0.4 is 0 Å². The summed E-state index contributed by atoms with van der Waals surface area (Å²) in [6, 6.07) is 7.97. The van der Waals surface area contributed by atoms with Crippen molar-refractivity contribution in [1.82, 2.24) is 9.55 Å². The number of fused-ring (bicyclic) bond motifs is 1. The lowest BCUT2D eigenvalue weighted by atomic mass is 9.92. The van der Waals surface area contributed by atoms with Crippen LogP contribution in [0, 0.1) is 11.8 Å². The van der Waals surface area contributed by atoms with E-state index in [1.54, 1.807) is 0 Å². The molecule has 18 heavy (non-hydrogen) atoms. The first-order chi connectivity index (χ1) is 8.50. The first-order valence-corrected chi connectivity index (χ1v) is 6.43. The van der Waals surface area contributed by atoms with Gasteiger partial charge in [-0.3, -0.25) is 4.79 Å². The van der Waals surface area contributed by atoms with E-state index in [0.717, 1.165) is 16.9 Å². The zero-order valence-corrected chi connectivity index (χ0v) is 11.5. The van der Waals surface area contributed by atoms with Crippen LogP contribution in [0.25, 0.3) is 11.0 Å². The summed E-state index contributed by atoms with van der Waals surface area (Å²) in [6.45, 7) is 6.16. The Morgan fingerprint density at radius 3 is 2.56 bits per heavy atom. The fourth-order valence-corrected chi connectivity index (χ4v) is 2.04. The maximum atomic E-state index is 12.1. The third-order valence-corrected chi connectivity index (χ3v) is 3.72. The topological polar surface area (TPSA) is 34.9 Å². The lowest BCUT2D eigenvalue weighted by Gasteiger charge is -2.13. The molecule has 1 unspecified atom stereocenters. The van der Waals surface area contributed by atoms with Gasteiger partial charge in [-0.2, -0.15) is 0 Å². The van der Waals surface area contributed by atoms with Crippen LogP contribution in [0.2, 0.25) is 0 Å². The highest BCUT2D eigenvalue weighted by Crippen LogP contribution is 2.17. The number of aryl methyl sites for hydroxylation is 1. The second-order valence-corrected chi connectivity index (χ2v) is 5.25. The minimum absolute atomic E-state index is 0.0878. The molecule has 0 aliphatic carbocycles. The number of para-hydroxylation sites is 2. The van der Waals surface area contributed by atoms with Gasteiger partial charge >= 0.3 is 0 Å². The Labute approximate surface area is 108 Å². The quantitative estimate of drug-likeness (QED) is 0.828. The summed E-state index contributed by atoms with van der Waals surface area (Å²) in [5.74, 6) is 1.59. The highest BCUT2D eigenvalue weighted by molar-refractivity contribution is 5.84. The van der Waals surface area contributed by atoms with E-state index in [9.17, 15) is 4.79 Å². The lowest BCUT2D eigenvalue weighted by molar-refractivity contribution is -0.123. The normalized spacial score (nSPS) is 13.2. The number of ketones is 1. The van der Waals surface area contributed by atoms with Crippen LogP contribution in [0.5, 0.6) is 0 Å². The molecule has 0 aliphatic rings. The highest BCUT2D eigenvalue weighted by atomic mass is 16.1. The molecule has 0 spiro atoms. The Balaban J connectivity index is 2.27. The van der Waals surface area contributed by atoms with Crippen molar-refractivity contribution in [3.63, 3.8) is 0 Å². The maximum absolute atomic E-state index is 12.1. The van der Waals surface area contributed by atoms with E-state index in [4.69, 9.17) is 0 Å². The zero-order chi connectivity index (χ0) is 13.3. The molecule has 1 heterocycles. The molecule has 0 saturated carbocycles. The number of carbonyl (C=O) groups is 1. The lowest BCUT2D eigenvalue weighted by Crippen LogP contribution is -2.20. The zero-order valence-electron chi connectivity index (χ0n) is 11.5. The molecule has 0 N–H and O–H groups in total. The van der Waals surface area contributed by atoms with Gasteiger partial charge in [-0.1, -0.05) is 32.9 Å². The van der Waals surface area contributed by atoms with Gasteiger partial charge in [0.1, 0.15) is 11.6 Å². The van der Waals surface area contributed by atoms with Gasteiger partial charge in [0.15, 0.2) is 0 Å². The largest absolute Gasteiger partial charge is 0.331 e. The van der Waals surface area contributed by atoms with Crippen LogP contribution >= 0.6 is 0 Å². The predicted molar refractivity (Wildman–Crippen MR) is 73.4 cm³/mol. The van der Waals surface area contributed by atoms with Crippen LogP contribution in [-0.2, 0) is 18.3 Å². The molecule has 2 rings (SSSR count). The number of carbonyl (C=O) groups excluding carboxylic acids is 1. The van der Waals surface area contributed by atoms with Gasteiger partial charge in [-0.25, -0.2) is 4.98 Å². The van der Waals surface area contributed by atoms with Gasteiger partial charge in [0.2, 0.25) is 0 Å².